The average Bonchev–Trinajstić information content (AvgIpc) is 2.99. The van der Waals surface area contributed by atoms with Crippen LogP contribution in [0.1, 0.15) is 0 Å². The monoisotopic (exact) mass is 512 g/mol. The van der Waals surface area contributed by atoms with E-state index in [4.69, 9.17) is 9.97 Å². The van der Waals surface area contributed by atoms with Crippen LogP contribution in [0, 0.1) is 0 Å². The minimum Gasteiger partial charge on any atom is -0.268 e. The van der Waals surface area contributed by atoms with E-state index in [0.717, 1.165) is 65.2 Å². The van der Waals surface area contributed by atoms with Gasteiger partial charge in [0.2, 0.25) is 0 Å². The summed E-state index contributed by atoms with van der Waals surface area (Å²) in [5.74, 6) is 0. The molecule has 40 heavy (non-hydrogen) atoms. The van der Waals surface area contributed by atoms with Crippen molar-refractivity contribution in [1.29, 1.82) is 0 Å². The smallest absolute Gasteiger partial charge is 0.264 e. The maximum atomic E-state index is 14.2. The van der Waals surface area contributed by atoms with Crippen molar-refractivity contribution < 1.29 is 0 Å². The molecule has 6 aromatic carbocycles. The Balaban J connectivity index is 1.51. The molecule has 0 aliphatic heterocycles. The van der Waals surface area contributed by atoms with E-state index in [0.29, 0.717) is 22.1 Å². The van der Waals surface area contributed by atoms with Crippen molar-refractivity contribution in [3.63, 3.8) is 0 Å². The van der Waals surface area contributed by atoms with E-state index in [1.165, 1.54) is 0 Å². The Hall–Kier alpha value is -5.62. The molecule has 0 N–H and O–H groups in total. The van der Waals surface area contributed by atoms with Gasteiger partial charge in [-0.25, -0.2) is 9.97 Å². The van der Waals surface area contributed by atoms with Crippen LogP contribution in [-0.4, -0.2) is 18.8 Å². The van der Waals surface area contributed by atoms with Gasteiger partial charge in [-0.1, -0.05) is 48.5 Å². The van der Waals surface area contributed by atoms with Gasteiger partial charge in [-0.05, 0) is 59.3 Å². The number of hydrogen-bond donors (Lipinski definition) is 0. The van der Waals surface area contributed by atoms with E-state index in [1.807, 2.05) is 84.9 Å². The number of pyridine rings is 2. The number of hydrogen-bond acceptors (Lipinski definition) is 4. The van der Waals surface area contributed by atoms with Gasteiger partial charge in [0, 0.05) is 43.1 Å². The summed E-state index contributed by atoms with van der Waals surface area (Å²) in [5.41, 5.74) is 4.20. The van der Waals surface area contributed by atoms with Gasteiger partial charge in [-0.15, -0.1) is 0 Å². The van der Waals surface area contributed by atoms with Crippen molar-refractivity contribution in [2.24, 2.45) is 0 Å². The van der Waals surface area contributed by atoms with E-state index in [2.05, 4.69) is 0 Å². The Labute approximate surface area is 223 Å². The second-order valence-corrected chi connectivity index (χ2v) is 10.5. The number of nitrogens with zero attached hydrogens (tertiary/aromatic N) is 4. The van der Waals surface area contributed by atoms with E-state index >= 15 is 0 Å². The van der Waals surface area contributed by atoms with E-state index in [1.54, 1.807) is 20.9 Å². The third-order valence-electron chi connectivity index (χ3n) is 8.59. The van der Waals surface area contributed by atoms with E-state index < -0.39 is 0 Å². The second kappa shape index (κ2) is 6.68. The maximum absolute atomic E-state index is 14.2. The molecule has 0 fully saturated rings. The van der Waals surface area contributed by atoms with Gasteiger partial charge in [-0.3, -0.25) is 18.4 Å². The molecule has 0 aliphatic carbocycles. The van der Waals surface area contributed by atoms with Crippen molar-refractivity contribution >= 4 is 87.2 Å². The third kappa shape index (κ3) is 2.20. The van der Waals surface area contributed by atoms with Gasteiger partial charge in [-0.2, -0.15) is 0 Å². The molecule has 0 aliphatic rings. The van der Waals surface area contributed by atoms with Crippen LogP contribution in [0.5, 0.6) is 0 Å². The molecular weight excluding hydrogens is 496 g/mol. The molecule has 0 atom stereocenters. The lowest BCUT2D eigenvalue weighted by Crippen LogP contribution is -2.19. The highest BCUT2D eigenvalue weighted by molar-refractivity contribution is 6.28. The van der Waals surface area contributed by atoms with Crippen LogP contribution in [-0.2, 0) is 0 Å². The lowest BCUT2D eigenvalue weighted by Gasteiger charge is -2.17. The van der Waals surface area contributed by atoms with Crippen LogP contribution in [0.15, 0.2) is 107 Å². The Morgan fingerprint density at radius 3 is 1.27 bits per heavy atom. The van der Waals surface area contributed by atoms with Crippen molar-refractivity contribution in [3.8, 4) is 0 Å². The van der Waals surface area contributed by atoms with Crippen LogP contribution in [0.3, 0.4) is 0 Å². The average molecular weight is 513 g/mol. The lowest BCUT2D eigenvalue weighted by molar-refractivity contribution is 1.14. The second-order valence-electron chi connectivity index (χ2n) is 10.5. The zero-order chi connectivity index (χ0) is 26.3. The molecule has 6 heteroatoms. The minimum absolute atomic E-state index is 0.146. The maximum Gasteiger partial charge on any atom is 0.264 e. The normalized spacial score (nSPS) is 12.7. The van der Waals surface area contributed by atoms with Crippen molar-refractivity contribution in [2.75, 3.05) is 0 Å². The molecule has 4 heterocycles. The molecule has 0 spiro atoms. The fraction of sp³-hybridized carbons (Fsp3) is 0. The third-order valence-corrected chi connectivity index (χ3v) is 8.59. The van der Waals surface area contributed by atoms with E-state index in [-0.39, 0.29) is 11.1 Å². The summed E-state index contributed by atoms with van der Waals surface area (Å²) in [5, 5.41) is 8.32. The topological polar surface area (TPSA) is 68.7 Å². The summed E-state index contributed by atoms with van der Waals surface area (Å²) in [7, 11) is 0. The first-order valence-electron chi connectivity index (χ1n) is 13.2. The first kappa shape index (κ1) is 20.4. The van der Waals surface area contributed by atoms with Gasteiger partial charge in [0.15, 0.2) is 0 Å². The molecule has 10 rings (SSSR count). The van der Waals surface area contributed by atoms with E-state index in [9.17, 15) is 9.59 Å². The SMILES string of the molecule is O=c1c2ccc3c(=O)n4c5cccc6cccc(nc4c4ccc(c2c34)c2nc3cccc4cccc(c43)n12)c65. The molecule has 10 aromatic rings. The van der Waals surface area contributed by atoms with Crippen molar-refractivity contribution in [1.82, 2.24) is 18.8 Å². The van der Waals surface area contributed by atoms with Crippen LogP contribution in [0.2, 0.25) is 0 Å². The summed E-state index contributed by atoms with van der Waals surface area (Å²) in [4.78, 5) is 38.4. The quantitative estimate of drug-likeness (QED) is 0.169. The Kier molecular flexibility index (Phi) is 3.40. The van der Waals surface area contributed by atoms with Crippen LogP contribution in [0.4, 0.5) is 0 Å². The molecule has 0 unspecified atom stereocenters. The minimum atomic E-state index is -0.146. The van der Waals surface area contributed by atoms with Gasteiger partial charge < -0.3 is 0 Å². The molecule has 0 saturated carbocycles. The summed E-state index contributed by atoms with van der Waals surface area (Å²) >= 11 is 0. The predicted molar refractivity (Wildman–Crippen MR) is 161 cm³/mol. The highest BCUT2D eigenvalue weighted by Crippen LogP contribution is 2.37. The molecule has 4 aromatic heterocycles. The summed E-state index contributed by atoms with van der Waals surface area (Å²) in [6.45, 7) is 0. The zero-order valence-corrected chi connectivity index (χ0v) is 20.8. The largest absolute Gasteiger partial charge is 0.268 e. The lowest BCUT2D eigenvalue weighted by atomic mass is 9.95. The highest BCUT2D eigenvalue weighted by atomic mass is 16.1. The van der Waals surface area contributed by atoms with Crippen LogP contribution in [0.25, 0.3) is 87.2 Å². The molecular formula is C34H16N4O2. The standard InChI is InChI=1S/C34H16N4O2/c39-33-21-15-16-22-30-20(32-36-24-10-2-6-18-8-4-12-26(28(18)24)38(32)34(22)40)14-13-19(29(21)30)31-35-23-9-1-5-17-7-3-11-25(27(17)23)37(31)33/h1-16H. The zero-order valence-electron chi connectivity index (χ0n) is 20.8. The molecule has 0 radical (unpaired) electrons. The molecule has 6 nitrogen and oxygen atoms in total. The Morgan fingerprint density at radius 1 is 0.425 bits per heavy atom. The number of aromatic nitrogens is 4. The first-order chi connectivity index (χ1) is 19.7. The number of rotatable bonds is 0. The van der Waals surface area contributed by atoms with Gasteiger partial charge in [0.05, 0.1) is 22.1 Å². The summed E-state index contributed by atoms with van der Waals surface area (Å²) in [6, 6.07) is 31.6. The fourth-order valence-electron chi connectivity index (χ4n) is 6.96. The van der Waals surface area contributed by atoms with Gasteiger partial charge >= 0.3 is 0 Å². The van der Waals surface area contributed by atoms with Crippen LogP contribution < -0.4 is 11.1 Å². The summed E-state index contributed by atoms with van der Waals surface area (Å²) in [6.07, 6.45) is 0. The number of benzene rings is 6. The van der Waals surface area contributed by atoms with Crippen molar-refractivity contribution in [2.45, 2.75) is 0 Å². The molecule has 184 valence electrons. The number of fused-ring (bicyclic) bond motifs is 6. The molecule has 0 amide bonds. The molecule has 0 bridgehead atoms. The highest BCUT2D eigenvalue weighted by Gasteiger charge is 2.22. The molecule has 0 saturated heterocycles. The predicted octanol–water partition coefficient (Wildman–Crippen LogP) is 6.65. The van der Waals surface area contributed by atoms with Crippen molar-refractivity contribution in [3.05, 3.63) is 118 Å². The Bertz CT molecular complexity index is 2660. The van der Waals surface area contributed by atoms with Gasteiger partial charge in [0.1, 0.15) is 11.3 Å². The first-order valence-corrected chi connectivity index (χ1v) is 13.2. The van der Waals surface area contributed by atoms with Crippen LogP contribution >= 0.6 is 0 Å². The van der Waals surface area contributed by atoms with Gasteiger partial charge in [0.25, 0.3) is 11.1 Å². The fourth-order valence-corrected chi connectivity index (χ4v) is 6.96. The summed E-state index contributed by atoms with van der Waals surface area (Å²) < 4.78 is 3.45. The Morgan fingerprint density at radius 2 is 0.825 bits per heavy atom.